The van der Waals surface area contributed by atoms with Gasteiger partial charge in [-0.25, -0.2) is 9.97 Å². The second kappa shape index (κ2) is 9.15. The summed E-state index contributed by atoms with van der Waals surface area (Å²) in [6.45, 7) is 1.94. The van der Waals surface area contributed by atoms with Gasteiger partial charge in [-0.15, -0.1) is 0 Å². The fourth-order valence-electron chi connectivity index (χ4n) is 7.59. The summed E-state index contributed by atoms with van der Waals surface area (Å²) in [6, 6.07) is 29.2. The molecule has 2 fully saturated rings. The van der Waals surface area contributed by atoms with Gasteiger partial charge in [0.25, 0.3) is 11.8 Å². The van der Waals surface area contributed by atoms with Gasteiger partial charge in [-0.05, 0) is 55.0 Å². The molecule has 45 heavy (non-hydrogen) atoms. The number of hydrogen-bond acceptors (Lipinski definition) is 6. The molecule has 2 amide bonds. The third-order valence-corrected chi connectivity index (χ3v) is 9.92. The SMILES string of the molecule is Cc1cc2ncc3cc(-c4ccccc4)c(-c4ccc([C@]5(N6C(=O)c7ccccc7C6=O)C[C@@](O)(C6CC6)C5)cc4)nc3n2n1. The number of aliphatic hydroxyl groups is 1. The molecular formula is C37H29N5O3. The Morgan fingerprint density at radius 3 is 2.13 bits per heavy atom. The second-order valence-corrected chi connectivity index (χ2v) is 12.8. The van der Waals surface area contributed by atoms with Crippen LogP contribution in [0, 0.1) is 12.8 Å². The van der Waals surface area contributed by atoms with Crippen molar-refractivity contribution in [1.82, 2.24) is 24.5 Å². The summed E-state index contributed by atoms with van der Waals surface area (Å²) in [7, 11) is 0. The van der Waals surface area contributed by atoms with Crippen molar-refractivity contribution in [3.05, 3.63) is 120 Å². The topological polar surface area (TPSA) is 101 Å². The number of carbonyl (C=O) groups is 2. The first-order chi connectivity index (χ1) is 21.8. The van der Waals surface area contributed by atoms with Gasteiger partial charge >= 0.3 is 0 Å². The van der Waals surface area contributed by atoms with E-state index >= 15 is 0 Å². The van der Waals surface area contributed by atoms with Crippen LogP contribution in [0.3, 0.4) is 0 Å². The van der Waals surface area contributed by atoms with Gasteiger partial charge in [0.05, 0.1) is 33.7 Å². The molecule has 0 atom stereocenters. The summed E-state index contributed by atoms with van der Waals surface area (Å²) >= 11 is 0. The Kier molecular flexibility index (Phi) is 5.33. The summed E-state index contributed by atoms with van der Waals surface area (Å²) in [5.74, 6) is -0.382. The molecule has 6 aromatic rings. The van der Waals surface area contributed by atoms with Crippen molar-refractivity contribution < 1.29 is 14.7 Å². The quantitative estimate of drug-likeness (QED) is 0.235. The van der Waals surface area contributed by atoms with Crippen LogP contribution in [0.25, 0.3) is 39.1 Å². The Hall–Kier alpha value is -5.21. The summed E-state index contributed by atoms with van der Waals surface area (Å²) in [4.78, 5) is 38.7. The number of benzene rings is 3. The molecule has 2 aliphatic carbocycles. The molecule has 220 valence electrons. The number of rotatable bonds is 5. The maximum atomic E-state index is 13.7. The lowest BCUT2D eigenvalue weighted by Crippen LogP contribution is -2.65. The van der Waals surface area contributed by atoms with Crippen molar-refractivity contribution in [3.63, 3.8) is 0 Å². The molecule has 3 aromatic heterocycles. The molecule has 8 nitrogen and oxygen atoms in total. The molecule has 3 aliphatic rings. The monoisotopic (exact) mass is 591 g/mol. The molecule has 0 bridgehead atoms. The fourth-order valence-corrected chi connectivity index (χ4v) is 7.59. The van der Waals surface area contributed by atoms with E-state index in [4.69, 9.17) is 4.98 Å². The first kappa shape index (κ1) is 26.2. The minimum absolute atomic E-state index is 0.215. The third kappa shape index (κ3) is 3.78. The van der Waals surface area contributed by atoms with Crippen LogP contribution in [-0.4, -0.2) is 47.0 Å². The van der Waals surface area contributed by atoms with E-state index in [1.54, 1.807) is 28.8 Å². The Morgan fingerprint density at radius 2 is 1.47 bits per heavy atom. The lowest BCUT2D eigenvalue weighted by Gasteiger charge is -2.57. The molecule has 0 saturated heterocycles. The highest BCUT2D eigenvalue weighted by atomic mass is 16.3. The average Bonchev–Trinajstić information content (AvgIpc) is 3.79. The minimum Gasteiger partial charge on any atom is -0.389 e. The number of carbonyl (C=O) groups excluding carboxylic acids is 2. The van der Waals surface area contributed by atoms with Crippen LogP contribution in [0.4, 0.5) is 0 Å². The number of imide groups is 1. The molecule has 8 heteroatoms. The van der Waals surface area contributed by atoms with E-state index in [0.29, 0.717) is 29.6 Å². The van der Waals surface area contributed by atoms with Gasteiger partial charge in [-0.3, -0.25) is 14.5 Å². The zero-order valence-electron chi connectivity index (χ0n) is 24.6. The molecule has 1 N–H and O–H groups in total. The van der Waals surface area contributed by atoms with Crippen molar-refractivity contribution in [2.24, 2.45) is 5.92 Å². The van der Waals surface area contributed by atoms with Gasteiger partial charge in [-0.1, -0.05) is 66.7 Å². The van der Waals surface area contributed by atoms with Crippen LogP contribution < -0.4 is 0 Å². The van der Waals surface area contributed by atoms with E-state index in [0.717, 1.165) is 57.5 Å². The van der Waals surface area contributed by atoms with Crippen LogP contribution in [0.5, 0.6) is 0 Å². The minimum atomic E-state index is -0.924. The predicted molar refractivity (Wildman–Crippen MR) is 169 cm³/mol. The van der Waals surface area contributed by atoms with E-state index in [1.165, 1.54) is 4.90 Å². The van der Waals surface area contributed by atoms with E-state index in [2.05, 4.69) is 28.3 Å². The van der Waals surface area contributed by atoms with Gasteiger partial charge < -0.3 is 5.11 Å². The Bertz CT molecular complexity index is 2160. The molecule has 9 rings (SSSR count). The molecule has 4 heterocycles. The highest BCUT2D eigenvalue weighted by molar-refractivity contribution is 6.22. The molecule has 3 aromatic carbocycles. The number of hydrogen-bond donors (Lipinski definition) is 1. The lowest BCUT2D eigenvalue weighted by molar-refractivity contribution is -0.143. The molecule has 0 radical (unpaired) electrons. The van der Waals surface area contributed by atoms with E-state index < -0.39 is 11.1 Å². The molecule has 0 spiro atoms. The first-order valence-corrected chi connectivity index (χ1v) is 15.4. The van der Waals surface area contributed by atoms with Crippen molar-refractivity contribution in [3.8, 4) is 22.4 Å². The molecular weight excluding hydrogens is 562 g/mol. The number of aromatic nitrogens is 4. The zero-order chi connectivity index (χ0) is 30.5. The summed E-state index contributed by atoms with van der Waals surface area (Å²) in [6.07, 6.45) is 4.46. The van der Waals surface area contributed by atoms with Gasteiger partial charge in [0.1, 0.15) is 0 Å². The van der Waals surface area contributed by atoms with Crippen molar-refractivity contribution in [1.29, 1.82) is 0 Å². The molecule has 0 unspecified atom stereocenters. The summed E-state index contributed by atoms with van der Waals surface area (Å²) in [5.41, 5.74) is 5.85. The Labute approximate surface area is 259 Å². The van der Waals surface area contributed by atoms with Gasteiger partial charge in [0, 0.05) is 41.6 Å². The number of fused-ring (bicyclic) bond motifs is 4. The lowest BCUT2D eigenvalue weighted by atomic mass is 9.58. The standard InChI is InChI=1S/C37H29N5O3/c1-22-17-31-38-19-25-18-30(23-7-3-2-4-8-23)32(39-33(25)42(31)40-22)24-11-13-26(14-12-24)36(20-37(45,21-36)27-15-16-27)41-34(43)28-9-5-6-10-29(28)35(41)44/h2-14,17-19,27,45H,15-16,20-21H2,1H3/t36-,37-. The number of nitrogens with zero attached hydrogens (tertiary/aromatic N) is 5. The Balaban J connectivity index is 1.18. The van der Waals surface area contributed by atoms with Crippen LogP contribution in [0.15, 0.2) is 97.2 Å². The van der Waals surface area contributed by atoms with E-state index in [-0.39, 0.29) is 17.7 Å². The van der Waals surface area contributed by atoms with Gasteiger partial charge in [0.15, 0.2) is 11.3 Å². The largest absolute Gasteiger partial charge is 0.389 e. The number of aryl methyl sites for hydroxylation is 1. The summed E-state index contributed by atoms with van der Waals surface area (Å²) < 4.78 is 1.78. The van der Waals surface area contributed by atoms with Crippen molar-refractivity contribution >= 4 is 28.5 Å². The highest BCUT2D eigenvalue weighted by Crippen LogP contribution is 2.61. The van der Waals surface area contributed by atoms with E-state index in [1.807, 2.05) is 61.7 Å². The predicted octanol–water partition coefficient (Wildman–Crippen LogP) is 6.35. The van der Waals surface area contributed by atoms with Crippen LogP contribution in [-0.2, 0) is 5.54 Å². The van der Waals surface area contributed by atoms with Crippen LogP contribution in [0.2, 0.25) is 0 Å². The Morgan fingerprint density at radius 1 is 0.800 bits per heavy atom. The van der Waals surface area contributed by atoms with E-state index in [9.17, 15) is 14.7 Å². The molecule has 1 aliphatic heterocycles. The fraction of sp³-hybridized carbons (Fsp3) is 0.216. The third-order valence-electron chi connectivity index (χ3n) is 9.92. The van der Waals surface area contributed by atoms with Crippen LogP contribution >= 0.6 is 0 Å². The van der Waals surface area contributed by atoms with Gasteiger partial charge in [0.2, 0.25) is 0 Å². The second-order valence-electron chi connectivity index (χ2n) is 12.8. The summed E-state index contributed by atoms with van der Waals surface area (Å²) in [5, 5.41) is 17.0. The maximum absolute atomic E-state index is 13.7. The molecule has 2 saturated carbocycles. The van der Waals surface area contributed by atoms with Gasteiger partial charge in [-0.2, -0.15) is 9.61 Å². The smallest absolute Gasteiger partial charge is 0.262 e. The first-order valence-electron chi connectivity index (χ1n) is 15.4. The number of pyridine rings is 1. The number of amides is 2. The normalized spacial score (nSPS) is 22.7. The zero-order valence-corrected chi connectivity index (χ0v) is 24.6. The average molecular weight is 592 g/mol. The van der Waals surface area contributed by atoms with Crippen molar-refractivity contribution in [2.75, 3.05) is 0 Å². The maximum Gasteiger partial charge on any atom is 0.262 e. The van der Waals surface area contributed by atoms with Crippen molar-refractivity contribution in [2.45, 2.75) is 43.7 Å². The highest BCUT2D eigenvalue weighted by Gasteiger charge is 2.66. The van der Waals surface area contributed by atoms with Crippen LogP contribution in [0.1, 0.15) is 57.7 Å².